The van der Waals surface area contributed by atoms with Crippen LogP contribution in [0.15, 0.2) is 6.33 Å². The van der Waals surface area contributed by atoms with Gasteiger partial charge in [0.05, 0.1) is 0 Å². The molecule has 0 radical (unpaired) electrons. The zero-order chi connectivity index (χ0) is 9.97. The lowest BCUT2D eigenvalue weighted by Gasteiger charge is -2.28. The van der Waals surface area contributed by atoms with Crippen LogP contribution in [0.3, 0.4) is 0 Å². The van der Waals surface area contributed by atoms with Crippen LogP contribution in [-0.2, 0) is 11.8 Å². The minimum absolute atomic E-state index is 0.349. The molecule has 14 heavy (non-hydrogen) atoms. The Labute approximate surface area is 82.7 Å². The summed E-state index contributed by atoms with van der Waals surface area (Å²) in [6.07, 6.45) is 4.77. The molecule has 0 saturated carbocycles. The van der Waals surface area contributed by atoms with E-state index in [4.69, 9.17) is 0 Å². The molecule has 1 atom stereocenters. The fourth-order valence-corrected chi connectivity index (χ4v) is 1.97. The molecule has 0 bridgehead atoms. The number of amides is 1. The summed E-state index contributed by atoms with van der Waals surface area (Å²) in [5.41, 5.74) is 0. The number of hydrogen-bond donors (Lipinski definition) is 0. The van der Waals surface area contributed by atoms with Gasteiger partial charge in [0.2, 0.25) is 6.41 Å². The predicted octanol–water partition coefficient (Wildman–Crippen LogP) is 0.151. The van der Waals surface area contributed by atoms with E-state index in [0.29, 0.717) is 5.92 Å². The van der Waals surface area contributed by atoms with Crippen LogP contribution in [0.1, 0.15) is 24.6 Å². The van der Waals surface area contributed by atoms with E-state index in [2.05, 4.69) is 10.2 Å². The number of nitrogens with zero attached hydrogens (tertiary/aromatic N) is 4. The maximum Gasteiger partial charge on any atom is 0.209 e. The molecule has 2 heterocycles. The van der Waals surface area contributed by atoms with Gasteiger partial charge in [0.25, 0.3) is 0 Å². The summed E-state index contributed by atoms with van der Waals surface area (Å²) in [4.78, 5) is 12.5. The van der Waals surface area contributed by atoms with Crippen molar-refractivity contribution in [3.8, 4) is 0 Å². The number of rotatable bonds is 2. The standard InChI is InChI=1S/C9H14N4O/c1-12-6-10-11-9(12)8-3-2-4-13(5-8)7-14/h6-8H,2-5H2,1H3. The zero-order valence-corrected chi connectivity index (χ0v) is 8.26. The smallest absolute Gasteiger partial charge is 0.209 e. The molecule has 5 nitrogen and oxygen atoms in total. The van der Waals surface area contributed by atoms with Crippen molar-refractivity contribution in [3.63, 3.8) is 0 Å². The Morgan fingerprint density at radius 3 is 3.14 bits per heavy atom. The summed E-state index contributed by atoms with van der Waals surface area (Å²) in [6.45, 7) is 1.65. The van der Waals surface area contributed by atoms with Crippen LogP contribution in [0, 0.1) is 0 Å². The molecule has 1 aromatic rings. The van der Waals surface area contributed by atoms with Gasteiger partial charge in [0.1, 0.15) is 12.2 Å². The third-order valence-corrected chi connectivity index (χ3v) is 2.71. The van der Waals surface area contributed by atoms with Crippen molar-refractivity contribution in [3.05, 3.63) is 12.2 Å². The Balaban J connectivity index is 2.11. The van der Waals surface area contributed by atoms with Gasteiger partial charge < -0.3 is 9.47 Å². The van der Waals surface area contributed by atoms with Gasteiger partial charge in [-0.1, -0.05) is 0 Å². The molecular weight excluding hydrogens is 180 g/mol. The zero-order valence-electron chi connectivity index (χ0n) is 8.26. The predicted molar refractivity (Wildman–Crippen MR) is 50.6 cm³/mol. The average molecular weight is 194 g/mol. The van der Waals surface area contributed by atoms with Gasteiger partial charge in [-0.3, -0.25) is 4.79 Å². The first-order valence-corrected chi connectivity index (χ1v) is 4.84. The quantitative estimate of drug-likeness (QED) is 0.630. The van der Waals surface area contributed by atoms with E-state index in [1.54, 1.807) is 6.33 Å². The summed E-state index contributed by atoms with van der Waals surface area (Å²) < 4.78 is 1.93. The maximum absolute atomic E-state index is 10.6. The lowest BCUT2D eigenvalue weighted by atomic mass is 9.98. The van der Waals surface area contributed by atoms with Crippen LogP contribution in [0.4, 0.5) is 0 Å². The van der Waals surface area contributed by atoms with Crippen LogP contribution in [-0.4, -0.2) is 39.2 Å². The number of aromatic nitrogens is 3. The molecule has 0 aromatic carbocycles. The van der Waals surface area contributed by atoms with E-state index in [1.807, 2.05) is 16.5 Å². The van der Waals surface area contributed by atoms with E-state index in [-0.39, 0.29) is 0 Å². The topological polar surface area (TPSA) is 51.0 Å². The molecule has 1 fully saturated rings. The second kappa shape index (κ2) is 3.77. The third kappa shape index (κ3) is 1.62. The highest BCUT2D eigenvalue weighted by Crippen LogP contribution is 2.23. The number of hydrogen-bond acceptors (Lipinski definition) is 3. The van der Waals surface area contributed by atoms with Crippen LogP contribution in [0.2, 0.25) is 0 Å². The number of likely N-dealkylation sites (tertiary alicyclic amines) is 1. The minimum atomic E-state index is 0.349. The molecule has 2 rings (SSSR count). The van der Waals surface area contributed by atoms with Gasteiger partial charge in [-0.2, -0.15) is 0 Å². The van der Waals surface area contributed by atoms with E-state index < -0.39 is 0 Å². The summed E-state index contributed by atoms with van der Waals surface area (Å²) in [5.74, 6) is 1.33. The normalized spacial score (nSPS) is 22.4. The largest absolute Gasteiger partial charge is 0.345 e. The molecule has 0 aliphatic carbocycles. The lowest BCUT2D eigenvalue weighted by molar-refractivity contribution is -0.119. The van der Waals surface area contributed by atoms with Gasteiger partial charge in [-0.05, 0) is 12.8 Å². The van der Waals surface area contributed by atoms with Gasteiger partial charge in [0, 0.05) is 26.1 Å². The van der Waals surface area contributed by atoms with Crippen molar-refractivity contribution in [2.45, 2.75) is 18.8 Å². The van der Waals surface area contributed by atoms with Crippen molar-refractivity contribution in [2.75, 3.05) is 13.1 Å². The molecule has 1 aliphatic rings. The monoisotopic (exact) mass is 194 g/mol. The summed E-state index contributed by atoms with van der Waals surface area (Å²) in [5, 5.41) is 7.93. The number of carbonyl (C=O) groups excluding carboxylic acids is 1. The second-order valence-electron chi connectivity index (χ2n) is 3.74. The van der Waals surface area contributed by atoms with Crippen molar-refractivity contribution in [1.29, 1.82) is 0 Å². The SMILES string of the molecule is Cn1cnnc1C1CCCN(C=O)C1. The van der Waals surface area contributed by atoms with E-state index >= 15 is 0 Å². The van der Waals surface area contributed by atoms with E-state index in [1.165, 1.54) is 0 Å². The third-order valence-electron chi connectivity index (χ3n) is 2.71. The Bertz CT molecular complexity index is 322. The second-order valence-corrected chi connectivity index (χ2v) is 3.74. The van der Waals surface area contributed by atoms with Gasteiger partial charge in [-0.15, -0.1) is 10.2 Å². The summed E-state index contributed by atoms with van der Waals surface area (Å²) >= 11 is 0. The first-order valence-electron chi connectivity index (χ1n) is 4.84. The molecule has 5 heteroatoms. The number of carbonyl (C=O) groups is 1. The number of aryl methyl sites for hydroxylation is 1. The molecule has 1 unspecified atom stereocenters. The minimum Gasteiger partial charge on any atom is -0.345 e. The Kier molecular flexibility index (Phi) is 2.47. The molecule has 1 saturated heterocycles. The summed E-state index contributed by atoms with van der Waals surface area (Å²) in [7, 11) is 1.94. The Morgan fingerprint density at radius 1 is 1.64 bits per heavy atom. The van der Waals surface area contributed by atoms with Crippen molar-refractivity contribution >= 4 is 6.41 Å². The van der Waals surface area contributed by atoms with Crippen LogP contribution in [0.5, 0.6) is 0 Å². The highest BCUT2D eigenvalue weighted by atomic mass is 16.1. The first-order chi connectivity index (χ1) is 6.81. The first kappa shape index (κ1) is 9.18. The van der Waals surface area contributed by atoms with Crippen molar-refractivity contribution in [1.82, 2.24) is 19.7 Å². The molecule has 0 spiro atoms. The molecular formula is C9H14N4O. The van der Waals surface area contributed by atoms with E-state index in [0.717, 1.165) is 38.2 Å². The fourth-order valence-electron chi connectivity index (χ4n) is 1.97. The van der Waals surface area contributed by atoms with Crippen LogP contribution >= 0.6 is 0 Å². The van der Waals surface area contributed by atoms with Crippen LogP contribution in [0.25, 0.3) is 0 Å². The molecule has 1 aromatic heterocycles. The lowest BCUT2D eigenvalue weighted by Crippen LogP contribution is -2.34. The molecule has 0 N–H and O–H groups in total. The van der Waals surface area contributed by atoms with Crippen LogP contribution < -0.4 is 0 Å². The Hall–Kier alpha value is -1.39. The maximum atomic E-state index is 10.6. The summed E-state index contributed by atoms with van der Waals surface area (Å²) in [6, 6.07) is 0. The fraction of sp³-hybridized carbons (Fsp3) is 0.667. The Morgan fingerprint density at radius 2 is 2.50 bits per heavy atom. The molecule has 1 aliphatic heterocycles. The average Bonchev–Trinajstić information content (AvgIpc) is 2.65. The highest BCUT2D eigenvalue weighted by molar-refractivity contribution is 5.47. The van der Waals surface area contributed by atoms with Gasteiger partial charge in [0.15, 0.2) is 0 Å². The van der Waals surface area contributed by atoms with Gasteiger partial charge in [-0.25, -0.2) is 0 Å². The van der Waals surface area contributed by atoms with Gasteiger partial charge >= 0.3 is 0 Å². The molecule has 1 amide bonds. The highest BCUT2D eigenvalue weighted by Gasteiger charge is 2.23. The molecule has 76 valence electrons. The number of piperidine rings is 1. The van der Waals surface area contributed by atoms with Crippen molar-refractivity contribution in [2.24, 2.45) is 7.05 Å². The van der Waals surface area contributed by atoms with E-state index in [9.17, 15) is 4.79 Å². The van der Waals surface area contributed by atoms with Crippen molar-refractivity contribution < 1.29 is 4.79 Å².